The number of hydrogen-bond donors (Lipinski definition) is 2. The summed E-state index contributed by atoms with van der Waals surface area (Å²) in [4.78, 5) is 19.8. The van der Waals surface area contributed by atoms with Gasteiger partial charge in [-0.05, 0) is 31.0 Å². The van der Waals surface area contributed by atoms with E-state index in [1.54, 1.807) is 6.20 Å². The van der Waals surface area contributed by atoms with Gasteiger partial charge in [-0.2, -0.15) is 0 Å². The van der Waals surface area contributed by atoms with Crippen molar-refractivity contribution in [3.8, 4) is 0 Å². The molecule has 2 N–H and O–H groups in total. The van der Waals surface area contributed by atoms with Crippen LogP contribution in [0.25, 0.3) is 11.0 Å². The van der Waals surface area contributed by atoms with E-state index in [-0.39, 0.29) is 5.92 Å². The van der Waals surface area contributed by atoms with E-state index in [4.69, 9.17) is 0 Å². The number of Topliss-reactive ketones (excluding diaryl/α,β-unsaturated/α-hetero) is 1. The van der Waals surface area contributed by atoms with Gasteiger partial charge in [-0.15, -0.1) is 0 Å². The Morgan fingerprint density at radius 2 is 2.22 bits per heavy atom. The summed E-state index contributed by atoms with van der Waals surface area (Å²) in [5.74, 6) is 0.302. The molecule has 0 bridgehead atoms. The Morgan fingerprint density at radius 1 is 1.39 bits per heavy atom. The van der Waals surface area contributed by atoms with Crippen LogP contribution in [-0.4, -0.2) is 28.8 Å². The number of aromatic amines is 1. The van der Waals surface area contributed by atoms with Crippen LogP contribution >= 0.6 is 0 Å². The number of pyridine rings is 1. The van der Waals surface area contributed by atoms with Gasteiger partial charge in [0.2, 0.25) is 0 Å². The molecule has 1 aliphatic rings. The SMILES string of the molecule is Cc1[nH]c2nccc(C)c2c1C1CNCCC1=O. The third kappa shape index (κ3) is 1.64. The second-order valence-electron chi connectivity index (χ2n) is 4.99. The van der Waals surface area contributed by atoms with Crippen LogP contribution in [0.15, 0.2) is 12.3 Å². The van der Waals surface area contributed by atoms with Gasteiger partial charge < -0.3 is 10.3 Å². The molecule has 4 heteroatoms. The molecule has 0 saturated carbocycles. The quantitative estimate of drug-likeness (QED) is 0.803. The Kier molecular flexibility index (Phi) is 2.67. The van der Waals surface area contributed by atoms with Crippen molar-refractivity contribution in [2.75, 3.05) is 13.1 Å². The first-order chi connectivity index (χ1) is 8.68. The van der Waals surface area contributed by atoms with E-state index < -0.39 is 0 Å². The number of fused-ring (bicyclic) bond motifs is 1. The highest BCUT2D eigenvalue weighted by Crippen LogP contribution is 2.32. The smallest absolute Gasteiger partial charge is 0.142 e. The molecule has 94 valence electrons. The van der Waals surface area contributed by atoms with E-state index in [0.717, 1.165) is 35.4 Å². The van der Waals surface area contributed by atoms with Gasteiger partial charge in [-0.25, -0.2) is 4.98 Å². The van der Waals surface area contributed by atoms with Crippen molar-refractivity contribution in [1.82, 2.24) is 15.3 Å². The fourth-order valence-corrected chi connectivity index (χ4v) is 2.87. The lowest BCUT2D eigenvalue weighted by Gasteiger charge is -2.22. The molecule has 1 atom stereocenters. The predicted octanol–water partition coefficient (Wildman–Crippen LogP) is 1.83. The van der Waals surface area contributed by atoms with Crippen molar-refractivity contribution in [2.24, 2.45) is 0 Å². The van der Waals surface area contributed by atoms with E-state index >= 15 is 0 Å². The molecular weight excluding hydrogens is 226 g/mol. The number of piperidine rings is 1. The average molecular weight is 243 g/mol. The second kappa shape index (κ2) is 4.21. The first kappa shape index (κ1) is 11.4. The molecule has 1 aliphatic heterocycles. The summed E-state index contributed by atoms with van der Waals surface area (Å²) in [5, 5.41) is 4.43. The van der Waals surface area contributed by atoms with Crippen LogP contribution in [0.3, 0.4) is 0 Å². The van der Waals surface area contributed by atoms with Gasteiger partial charge in [0.1, 0.15) is 11.4 Å². The van der Waals surface area contributed by atoms with Crippen molar-refractivity contribution in [3.63, 3.8) is 0 Å². The van der Waals surface area contributed by atoms with Crippen molar-refractivity contribution in [1.29, 1.82) is 0 Å². The molecule has 0 amide bonds. The Labute approximate surface area is 106 Å². The van der Waals surface area contributed by atoms with Crippen LogP contribution in [0.2, 0.25) is 0 Å². The molecule has 0 spiro atoms. The predicted molar refractivity (Wildman–Crippen MR) is 70.8 cm³/mol. The Morgan fingerprint density at radius 3 is 3.00 bits per heavy atom. The van der Waals surface area contributed by atoms with Crippen LogP contribution in [-0.2, 0) is 4.79 Å². The van der Waals surface area contributed by atoms with Gasteiger partial charge in [-0.1, -0.05) is 0 Å². The maximum Gasteiger partial charge on any atom is 0.142 e. The number of nitrogens with zero attached hydrogens (tertiary/aromatic N) is 1. The lowest BCUT2D eigenvalue weighted by Crippen LogP contribution is -2.35. The number of rotatable bonds is 1. The second-order valence-corrected chi connectivity index (χ2v) is 4.99. The maximum atomic E-state index is 12.1. The van der Waals surface area contributed by atoms with Gasteiger partial charge in [0.15, 0.2) is 0 Å². The summed E-state index contributed by atoms with van der Waals surface area (Å²) in [6.07, 6.45) is 2.43. The van der Waals surface area contributed by atoms with Gasteiger partial charge in [-0.3, -0.25) is 4.79 Å². The summed E-state index contributed by atoms with van der Waals surface area (Å²) in [6.45, 7) is 5.63. The molecule has 0 aromatic carbocycles. The molecule has 2 aromatic heterocycles. The number of carbonyl (C=O) groups excluding carboxylic acids is 1. The highest BCUT2D eigenvalue weighted by Gasteiger charge is 2.28. The maximum absolute atomic E-state index is 12.1. The van der Waals surface area contributed by atoms with Gasteiger partial charge in [0.25, 0.3) is 0 Å². The van der Waals surface area contributed by atoms with Crippen molar-refractivity contribution in [3.05, 3.63) is 29.1 Å². The number of ketones is 1. The fraction of sp³-hybridized carbons (Fsp3) is 0.429. The zero-order valence-corrected chi connectivity index (χ0v) is 10.7. The molecular formula is C14H17N3O. The summed E-state index contributed by atoms with van der Waals surface area (Å²) in [7, 11) is 0. The van der Waals surface area contributed by atoms with E-state index in [0.29, 0.717) is 12.2 Å². The highest BCUT2D eigenvalue weighted by atomic mass is 16.1. The normalized spacial score (nSPS) is 20.6. The van der Waals surface area contributed by atoms with Crippen LogP contribution in [0.4, 0.5) is 0 Å². The molecule has 0 radical (unpaired) electrons. The summed E-state index contributed by atoms with van der Waals surface area (Å²) < 4.78 is 0. The Hall–Kier alpha value is -1.68. The molecule has 4 nitrogen and oxygen atoms in total. The number of H-pyrrole nitrogens is 1. The minimum Gasteiger partial charge on any atom is -0.343 e. The largest absolute Gasteiger partial charge is 0.343 e. The molecule has 1 unspecified atom stereocenters. The van der Waals surface area contributed by atoms with Crippen molar-refractivity contribution < 1.29 is 4.79 Å². The molecule has 1 fully saturated rings. The first-order valence-corrected chi connectivity index (χ1v) is 6.35. The van der Waals surface area contributed by atoms with E-state index in [9.17, 15) is 4.79 Å². The van der Waals surface area contributed by atoms with Crippen LogP contribution < -0.4 is 5.32 Å². The summed E-state index contributed by atoms with van der Waals surface area (Å²) in [6, 6.07) is 2.00. The molecule has 0 aliphatic carbocycles. The number of carbonyl (C=O) groups is 1. The minimum atomic E-state index is -0.0320. The molecule has 18 heavy (non-hydrogen) atoms. The van der Waals surface area contributed by atoms with E-state index in [1.165, 1.54) is 5.56 Å². The van der Waals surface area contributed by atoms with Crippen LogP contribution in [0.1, 0.15) is 29.2 Å². The zero-order valence-electron chi connectivity index (χ0n) is 10.7. The Balaban J connectivity index is 2.21. The third-order valence-electron chi connectivity index (χ3n) is 3.77. The standard InChI is InChI=1S/C14H17N3O/c1-8-3-6-16-14-12(8)13(9(2)17-14)10-7-15-5-4-11(10)18/h3,6,10,15H,4-5,7H2,1-2H3,(H,16,17). The van der Waals surface area contributed by atoms with Crippen molar-refractivity contribution >= 4 is 16.8 Å². The highest BCUT2D eigenvalue weighted by molar-refractivity contribution is 5.94. The van der Waals surface area contributed by atoms with Crippen molar-refractivity contribution in [2.45, 2.75) is 26.2 Å². The summed E-state index contributed by atoms with van der Waals surface area (Å²) in [5.41, 5.74) is 4.26. The lowest BCUT2D eigenvalue weighted by atomic mass is 9.88. The molecule has 3 heterocycles. The zero-order chi connectivity index (χ0) is 12.7. The van der Waals surface area contributed by atoms with Gasteiger partial charge >= 0.3 is 0 Å². The lowest BCUT2D eigenvalue weighted by molar-refractivity contribution is -0.121. The summed E-state index contributed by atoms with van der Waals surface area (Å²) >= 11 is 0. The number of aromatic nitrogens is 2. The van der Waals surface area contributed by atoms with Gasteiger partial charge in [0.05, 0.1) is 5.92 Å². The molecule has 1 saturated heterocycles. The minimum absolute atomic E-state index is 0.0320. The van der Waals surface area contributed by atoms with E-state index in [1.807, 2.05) is 13.0 Å². The van der Waals surface area contributed by atoms with Gasteiger partial charge in [0, 0.05) is 36.8 Å². The molecule has 3 rings (SSSR count). The number of aryl methyl sites for hydroxylation is 2. The first-order valence-electron chi connectivity index (χ1n) is 6.35. The third-order valence-corrected chi connectivity index (χ3v) is 3.77. The van der Waals surface area contributed by atoms with E-state index in [2.05, 4.69) is 22.2 Å². The monoisotopic (exact) mass is 243 g/mol. The molecule has 2 aromatic rings. The average Bonchev–Trinajstić information content (AvgIpc) is 2.68. The number of hydrogen-bond acceptors (Lipinski definition) is 3. The fourth-order valence-electron chi connectivity index (χ4n) is 2.87. The van der Waals surface area contributed by atoms with Crippen LogP contribution in [0.5, 0.6) is 0 Å². The van der Waals surface area contributed by atoms with Crippen LogP contribution in [0, 0.1) is 13.8 Å². The Bertz CT molecular complexity index is 615. The number of nitrogens with one attached hydrogen (secondary N) is 2. The topological polar surface area (TPSA) is 57.8 Å².